The number of methoxy groups -OCH3 is 1. The summed E-state index contributed by atoms with van der Waals surface area (Å²) in [4.78, 5) is 21.3. The zero-order valence-corrected chi connectivity index (χ0v) is 13.6. The van der Waals surface area contributed by atoms with Gasteiger partial charge in [-0.3, -0.25) is 14.9 Å². The molecule has 0 saturated carbocycles. The predicted molar refractivity (Wildman–Crippen MR) is 81.2 cm³/mol. The predicted octanol–water partition coefficient (Wildman–Crippen LogP) is 1.23. The van der Waals surface area contributed by atoms with Crippen molar-refractivity contribution in [1.29, 1.82) is 0 Å². The van der Waals surface area contributed by atoms with E-state index < -0.39 is 38.9 Å². The number of hydrogen-bond donors (Lipinski definition) is 1. The maximum absolute atomic E-state index is 13.0. The van der Waals surface area contributed by atoms with Gasteiger partial charge in [-0.15, -0.1) is 0 Å². The van der Waals surface area contributed by atoms with Crippen molar-refractivity contribution in [2.24, 2.45) is 5.92 Å². The first-order valence-electron chi connectivity index (χ1n) is 7.36. The van der Waals surface area contributed by atoms with Gasteiger partial charge in [-0.1, -0.05) is 0 Å². The fourth-order valence-corrected chi connectivity index (χ4v) is 5.77. The number of nitrogens with zero attached hydrogens (tertiary/aromatic N) is 2. The second kappa shape index (κ2) is 5.71. The second-order valence-corrected chi connectivity index (χ2v) is 7.72. The van der Waals surface area contributed by atoms with Gasteiger partial charge in [0.2, 0.25) is 10.0 Å². The molecule has 1 N–H and O–H groups in total. The molecule has 2 heterocycles. The number of carbonyl (C=O) groups is 1. The lowest BCUT2D eigenvalue weighted by molar-refractivity contribution is -0.385. The summed E-state index contributed by atoms with van der Waals surface area (Å²) in [5, 5.41) is 20.2. The molecule has 2 fully saturated rings. The molecule has 1 aromatic rings. The molecule has 0 aromatic heterocycles. The van der Waals surface area contributed by atoms with Crippen molar-refractivity contribution in [1.82, 2.24) is 4.31 Å². The molecular formula is C14H16N2O7S. The van der Waals surface area contributed by atoms with Crippen molar-refractivity contribution >= 4 is 21.7 Å². The van der Waals surface area contributed by atoms with Gasteiger partial charge in [0, 0.05) is 24.2 Å². The van der Waals surface area contributed by atoms with Crippen LogP contribution < -0.4 is 4.74 Å². The van der Waals surface area contributed by atoms with E-state index in [4.69, 9.17) is 4.74 Å². The lowest BCUT2D eigenvalue weighted by Gasteiger charge is -2.23. The van der Waals surface area contributed by atoms with Gasteiger partial charge >= 0.3 is 5.97 Å². The average Bonchev–Trinajstić information content (AvgIpc) is 3.12. The molecule has 10 heteroatoms. The lowest BCUT2D eigenvalue weighted by Crippen LogP contribution is -2.38. The molecule has 0 amide bonds. The molecule has 24 heavy (non-hydrogen) atoms. The summed E-state index contributed by atoms with van der Waals surface area (Å²) in [6.45, 7) is 0. The summed E-state index contributed by atoms with van der Waals surface area (Å²) in [6, 6.07) is 2.34. The van der Waals surface area contributed by atoms with Crippen LogP contribution in [0.3, 0.4) is 0 Å². The largest absolute Gasteiger partial charge is 0.495 e. The van der Waals surface area contributed by atoms with Crippen molar-refractivity contribution < 1.29 is 28.0 Å². The zero-order valence-electron chi connectivity index (χ0n) is 12.8. The molecule has 0 radical (unpaired) electrons. The van der Waals surface area contributed by atoms with Crippen LogP contribution in [0.25, 0.3) is 0 Å². The van der Waals surface area contributed by atoms with Crippen LogP contribution in [0.15, 0.2) is 23.1 Å². The molecule has 3 unspecified atom stereocenters. The highest BCUT2D eigenvalue weighted by molar-refractivity contribution is 7.89. The highest BCUT2D eigenvalue weighted by atomic mass is 32.2. The Morgan fingerprint density at radius 3 is 2.67 bits per heavy atom. The van der Waals surface area contributed by atoms with Crippen molar-refractivity contribution in [3.05, 3.63) is 28.3 Å². The van der Waals surface area contributed by atoms with E-state index in [1.807, 2.05) is 0 Å². The molecule has 0 spiro atoms. The third kappa shape index (κ3) is 2.42. The third-order valence-electron chi connectivity index (χ3n) is 4.70. The van der Waals surface area contributed by atoms with Crippen LogP contribution in [0.5, 0.6) is 5.75 Å². The molecule has 2 aliphatic heterocycles. The molecular weight excluding hydrogens is 340 g/mol. The number of carboxylic acids is 1. The van der Waals surface area contributed by atoms with Gasteiger partial charge in [-0.05, 0) is 25.3 Å². The van der Waals surface area contributed by atoms with Crippen molar-refractivity contribution in [2.45, 2.75) is 36.2 Å². The van der Waals surface area contributed by atoms with E-state index in [0.717, 1.165) is 12.1 Å². The van der Waals surface area contributed by atoms with E-state index >= 15 is 0 Å². The zero-order chi connectivity index (χ0) is 17.6. The monoisotopic (exact) mass is 356 g/mol. The van der Waals surface area contributed by atoms with Crippen LogP contribution >= 0.6 is 0 Å². The minimum Gasteiger partial charge on any atom is -0.495 e. The smallest absolute Gasteiger partial charge is 0.308 e. The van der Waals surface area contributed by atoms with E-state index in [2.05, 4.69) is 0 Å². The number of sulfonamides is 1. The standard InChI is InChI=1S/C14H16N2O7S/c1-23-12-5-3-9(16(19)20)7-13(12)24(21,22)15-8-2-4-11(15)10(6-8)14(17)18/h3,5,7-8,10-11H,2,4,6H2,1H3,(H,17,18). The van der Waals surface area contributed by atoms with Gasteiger partial charge in [-0.2, -0.15) is 4.31 Å². The number of non-ortho nitro benzene ring substituents is 1. The summed E-state index contributed by atoms with van der Waals surface area (Å²) in [7, 11) is -2.82. The van der Waals surface area contributed by atoms with Crippen molar-refractivity contribution in [2.75, 3.05) is 7.11 Å². The number of nitro benzene ring substituents is 1. The number of rotatable bonds is 5. The number of hydrogen-bond acceptors (Lipinski definition) is 6. The number of ether oxygens (including phenoxy) is 1. The minimum absolute atomic E-state index is 0.00113. The van der Waals surface area contributed by atoms with Crippen LogP contribution in [-0.4, -0.2) is 47.9 Å². The quantitative estimate of drug-likeness (QED) is 0.621. The summed E-state index contributed by atoms with van der Waals surface area (Å²) in [5.41, 5.74) is -0.365. The maximum atomic E-state index is 13.0. The van der Waals surface area contributed by atoms with Crippen LogP contribution in [0.2, 0.25) is 0 Å². The Morgan fingerprint density at radius 2 is 2.12 bits per heavy atom. The lowest BCUT2D eigenvalue weighted by atomic mass is 9.89. The van der Waals surface area contributed by atoms with Crippen LogP contribution in [0, 0.1) is 16.0 Å². The summed E-state index contributed by atoms with van der Waals surface area (Å²) in [6.07, 6.45) is 1.32. The molecule has 0 aliphatic carbocycles. The molecule has 2 aliphatic rings. The van der Waals surface area contributed by atoms with E-state index in [1.165, 1.54) is 17.5 Å². The maximum Gasteiger partial charge on any atom is 0.308 e. The third-order valence-corrected chi connectivity index (χ3v) is 6.70. The van der Waals surface area contributed by atoms with E-state index in [0.29, 0.717) is 12.8 Å². The van der Waals surface area contributed by atoms with Gasteiger partial charge < -0.3 is 9.84 Å². The SMILES string of the molecule is COc1ccc([N+](=O)[O-])cc1S(=O)(=O)N1C2CCC1C(C(=O)O)C2. The number of carboxylic acid groups (broad SMARTS) is 1. The molecule has 3 rings (SSSR count). The Kier molecular flexibility index (Phi) is 3.96. The number of nitro groups is 1. The minimum atomic E-state index is -4.10. The molecule has 2 bridgehead atoms. The fraction of sp³-hybridized carbons (Fsp3) is 0.500. The number of fused-ring (bicyclic) bond motifs is 2. The number of benzene rings is 1. The molecule has 2 saturated heterocycles. The van der Waals surface area contributed by atoms with Crippen molar-refractivity contribution in [3.8, 4) is 5.75 Å². The summed E-state index contributed by atoms with van der Waals surface area (Å²) in [5.74, 6) is -1.77. The van der Waals surface area contributed by atoms with Gasteiger partial charge in [0.1, 0.15) is 10.6 Å². The first kappa shape index (κ1) is 16.7. The van der Waals surface area contributed by atoms with E-state index in [9.17, 15) is 28.4 Å². The average molecular weight is 356 g/mol. The Balaban J connectivity index is 2.07. The van der Waals surface area contributed by atoms with Gasteiger partial charge in [0.05, 0.1) is 18.0 Å². The number of aliphatic carboxylic acids is 1. The summed E-state index contributed by atoms with van der Waals surface area (Å²) >= 11 is 0. The van der Waals surface area contributed by atoms with E-state index in [-0.39, 0.29) is 22.8 Å². The Bertz CT molecular complexity index is 807. The Labute approximate surface area is 138 Å². The van der Waals surface area contributed by atoms with Gasteiger partial charge in [0.25, 0.3) is 5.69 Å². The Hall–Kier alpha value is -2.20. The Morgan fingerprint density at radius 1 is 1.42 bits per heavy atom. The molecule has 1 aromatic carbocycles. The first-order chi connectivity index (χ1) is 11.3. The summed E-state index contributed by atoms with van der Waals surface area (Å²) < 4.78 is 32.3. The molecule has 130 valence electrons. The van der Waals surface area contributed by atoms with Crippen molar-refractivity contribution in [3.63, 3.8) is 0 Å². The highest BCUT2D eigenvalue weighted by Crippen LogP contribution is 2.46. The topological polar surface area (TPSA) is 127 Å². The highest BCUT2D eigenvalue weighted by Gasteiger charge is 2.55. The van der Waals surface area contributed by atoms with Gasteiger partial charge in [-0.25, -0.2) is 8.42 Å². The van der Waals surface area contributed by atoms with Crippen LogP contribution in [0.4, 0.5) is 5.69 Å². The second-order valence-electron chi connectivity index (χ2n) is 5.91. The molecule has 9 nitrogen and oxygen atoms in total. The molecule has 3 atom stereocenters. The first-order valence-corrected chi connectivity index (χ1v) is 8.80. The van der Waals surface area contributed by atoms with E-state index in [1.54, 1.807) is 0 Å². The van der Waals surface area contributed by atoms with Crippen LogP contribution in [0.1, 0.15) is 19.3 Å². The van der Waals surface area contributed by atoms with Gasteiger partial charge in [0.15, 0.2) is 0 Å². The normalized spacial score (nSPS) is 26.5. The van der Waals surface area contributed by atoms with Crippen LogP contribution in [-0.2, 0) is 14.8 Å². The fourth-order valence-electron chi connectivity index (χ4n) is 3.67.